The Morgan fingerprint density at radius 2 is 1.33 bits per heavy atom. The Labute approximate surface area is 210 Å². The predicted molar refractivity (Wildman–Crippen MR) is 103 cm³/mol. The van der Waals surface area contributed by atoms with Crippen LogP contribution in [0.4, 0.5) is 5.69 Å². The van der Waals surface area contributed by atoms with Gasteiger partial charge in [0.1, 0.15) is 0 Å². The van der Waals surface area contributed by atoms with Crippen molar-refractivity contribution in [1.82, 2.24) is 0 Å². The number of hydrogen-bond donors (Lipinski definition) is 3. The molecule has 0 aliphatic rings. The summed E-state index contributed by atoms with van der Waals surface area (Å²) in [5.74, 6) is -2.25. The number of carboxylic acid groups (broad SMARTS) is 2. The fraction of sp³-hybridized carbons (Fsp3) is 0.600. The molecule has 0 heterocycles. The fourth-order valence-electron chi connectivity index (χ4n) is 2.90. The smallest absolute Gasteiger partial charge is 1.00 e. The van der Waals surface area contributed by atoms with E-state index in [9.17, 15) is 9.59 Å². The van der Waals surface area contributed by atoms with Crippen LogP contribution in [0.3, 0.4) is 0 Å². The Morgan fingerprint density at radius 3 is 1.78 bits per heavy atom. The van der Waals surface area contributed by atoms with Crippen molar-refractivity contribution in [3.8, 4) is 0 Å². The summed E-state index contributed by atoms with van der Waals surface area (Å²) in [4.78, 5) is 22.3. The minimum Gasteiger partial charge on any atom is -1.00 e. The van der Waals surface area contributed by atoms with Crippen LogP contribution < -0.4 is 64.4 Å². The van der Waals surface area contributed by atoms with Gasteiger partial charge in [-0.2, -0.15) is 0 Å². The van der Waals surface area contributed by atoms with Gasteiger partial charge < -0.3 is 18.4 Å². The Balaban J connectivity index is -0.000000781. The topological polar surface area (TPSA) is 86.6 Å². The van der Waals surface area contributed by atoms with Crippen LogP contribution in [0.5, 0.6) is 0 Å². The summed E-state index contributed by atoms with van der Waals surface area (Å²) in [5, 5.41) is 21.4. The molecular weight excluding hydrogens is 364 g/mol. The molecule has 0 radical (unpaired) electrons. The molecule has 1 atom stereocenters. The molecule has 0 aliphatic carbocycles. The third-order valence-corrected chi connectivity index (χ3v) is 4.33. The van der Waals surface area contributed by atoms with Gasteiger partial charge in [0.25, 0.3) is 0 Å². The molecule has 1 aromatic rings. The zero-order valence-corrected chi connectivity index (χ0v) is 21.4. The van der Waals surface area contributed by atoms with Gasteiger partial charge in [0.2, 0.25) is 0 Å². The molecule has 1 rings (SSSR count). The standard InChI is InChI=1S/C20H31NO4.2Na.2H/c1-3-4-5-6-7-8-9-10-11-15(2)21-18-13-16(19(22)23)12-17(14-18)20(24)25;;;;/h12-15,21H,3-11H2,1-2H3,(H,22,23)(H,24,25);;;;/q;2*+1;2*-1. The molecule has 0 aromatic heterocycles. The minimum absolute atomic E-state index is 0. The Bertz CT molecular complexity index is 545. The molecule has 0 saturated heterocycles. The molecule has 0 bridgehead atoms. The summed E-state index contributed by atoms with van der Waals surface area (Å²) in [5.41, 5.74) is 0.521. The maximum Gasteiger partial charge on any atom is 1.00 e. The maximum atomic E-state index is 11.1. The second kappa shape index (κ2) is 16.9. The number of rotatable bonds is 13. The van der Waals surface area contributed by atoms with Crippen molar-refractivity contribution < 1.29 is 81.8 Å². The molecule has 7 heteroatoms. The van der Waals surface area contributed by atoms with E-state index in [0.717, 1.165) is 12.8 Å². The molecular formula is C20H33NNa2O4. The van der Waals surface area contributed by atoms with Gasteiger partial charge in [0, 0.05) is 11.7 Å². The quantitative estimate of drug-likeness (QED) is 0.313. The van der Waals surface area contributed by atoms with Crippen LogP contribution in [0.25, 0.3) is 0 Å². The Hall–Kier alpha value is -0.0400. The van der Waals surface area contributed by atoms with Gasteiger partial charge in [-0.3, -0.25) is 0 Å². The van der Waals surface area contributed by atoms with Crippen LogP contribution in [0.2, 0.25) is 0 Å². The number of hydrogen-bond acceptors (Lipinski definition) is 3. The van der Waals surface area contributed by atoms with Crippen LogP contribution in [-0.4, -0.2) is 28.2 Å². The number of anilines is 1. The fourth-order valence-corrected chi connectivity index (χ4v) is 2.90. The van der Waals surface area contributed by atoms with Gasteiger partial charge in [0.15, 0.2) is 0 Å². The summed E-state index contributed by atoms with van der Waals surface area (Å²) >= 11 is 0. The zero-order chi connectivity index (χ0) is 18.7. The monoisotopic (exact) mass is 397 g/mol. The van der Waals surface area contributed by atoms with E-state index < -0.39 is 11.9 Å². The first-order chi connectivity index (χ1) is 11.9. The van der Waals surface area contributed by atoms with Crippen molar-refractivity contribution in [3.63, 3.8) is 0 Å². The van der Waals surface area contributed by atoms with E-state index in [-0.39, 0.29) is 79.1 Å². The van der Waals surface area contributed by atoms with E-state index in [1.807, 2.05) is 6.92 Å². The van der Waals surface area contributed by atoms with Crippen LogP contribution >= 0.6 is 0 Å². The molecule has 27 heavy (non-hydrogen) atoms. The van der Waals surface area contributed by atoms with E-state index in [1.165, 1.54) is 63.1 Å². The van der Waals surface area contributed by atoms with Gasteiger partial charge in [-0.15, -0.1) is 0 Å². The van der Waals surface area contributed by atoms with Crippen molar-refractivity contribution in [2.75, 3.05) is 5.32 Å². The Morgan fingerprint density at radius 1 is 0.889 bits per heavy atom. The first-order valence-corrected chi connectivity index (χ1v) is 9.32. The van der Waals surface area contributed by atoms with E-state index in [4.69, 9.17) is 10.2 Å². The van der Waals surface area contributed by atoms with Gasteiger partial charge in [-0.05, 0) is 31.5 Å². The first-order valence-electron chi connectivity index (χ1n) is 9.32. The van der Waals surface area contributed by atoms with Gasteiger partial charge in [0.05, 0.1) is 11.1 Å². The Kier molecular flexibility index (Phi) is 18.2. The summed E-state index contributed by atoms with van der Waals surface area (Å²) < 4.78 is 0. The molecule has 0 aliphatic heterocycles. The van der Waals surface area contributed by atoms with Crippen molar-refractivity contribution in [2.45, 2.75) is 77.7 Å². The minimum atomic E-state index is -1.12. The van der Waals surface area contributed by atoms with Gasteiger partial charge in [-0.25, -0.2) is 9.59 Å². The number of carboxylic acids is 2. The van der Waals surface area contributed by atoms with Crippen LogP contribution in [0, 0.1) is 0 Å². The molecule has 0 amide bonds. The summed E-state index contributed by atoms with van der Waals surface area (Å²) in [7, 11) is 0. The second-order valence-electron chi connectivity index (χ2n) is 6.72. The van der Waals surface area contributed by atoms with E-state index in [2.05, 4.69) is 12.2 Å². The molecule has 5 nitrogen and oxygen atoms in total. The van der Waals surface area contributed by atoms with E-state index in [1.54, 1.807) is 0 Å². The zero-order valence-electron chi connectivity index (χ0n) is 19.4. The van der Waals surface area contributed by atoms with E-state index in [0.29, 0.717) is 5.69 Å². The molecule has 0 spiro atoms. The normalized spacial score (nSPS) is 11.0. The van der Waals surface area contributed by atoms with Crippen LogP contribution in [0.1, 0.15) is 95.2 Å². The molecule has 1 unspecified atom stereocenters. The first kappa shape index (κ1) is 29.2. The number of unbranched alkanes of at least 4 members (excludes halogenated alkanes) is 7. The van der Waals surface area contributed by atoms with Crippen molar-refractivity contribution in [2.24, 2.45) is 0 Å². The summed E-state index contributed by atoms with van der Waals surface area (Å²) in [6.07, 6.45) is 11.1. The molecule has 1 aromatic carbocycles. The SMILES string of the molecule is CCCCCCCCCCC(C)Nc1cc(C(=O)O)cc(C(=O)O)c1.[H-].[H-].[Na+].[Na+]. The third-order valence-electron chi connectivity index (χ3n) is 4.33. The number of benzene rings is 1. The van der Waals surface area contributed by atoms with Crippen LogP contribution in [-0.2, 0) is 0 Å². The second-order valence-corrected chi connectivity index (χ2v) is 6.72. The van der Waals surface area contributed by atoms with Crippen molar-refractivity contribution in [3.05, 3.63) is 29.3 Å². The van der Waals surface area contributed by atoms with Gasteiger partial charge in [-0.1, -0.05) is 58.3 Å². The van der Waals surface area contributed by atoms with Crippen LogP contribution in [0.15, 0.2) is 18.2 Å². The summed E-state index contributed by atoms with van der Waals surface area (Å²) in [6.45, 7) is 4.26. The predicted octanol–water partition coefficient (Wildman–Crippen LogP) is -0.353. The van der Waals surface area contributed by atoms with Crippen molar-refractivity contribution in [1.29, 1.82) is 0 Å². The molecule has 0 saturated carbocycles. The molecule has 144 valence electrons. The largest absolute Gasteiger partial charge is 1.00 e. The third kappa shape index (κ3) is 12.9. The number of nitrogens with one attached hydrogen (secondary N) is 1. The van der Waals surface area contributed by atoms with Gasteiger partial charge >= 0.3 is 71.1 Å². The number of carbonyl (C=O) groups is 2. The van der Waals surface area contributed by atoms with E-state index >= 15 is 0 Å². The number of aromatic carboxylic acids is 2. The molecule has 0 fully saturated rings. The average Bonchev–Trinajstić information content (AvgIpc) is 2.56. The van der Waals surface area contributed by atoms with Crippen molar-refractivity contribution >= 4 is 17.6 Å². The maximum absolute atomic E-state index is 11.1. The molecule has 3 N–H and O–H groups in total. The summed E-state index contributed by atoms with van der Waals surface area (Å²) in [6, 6.07) is 4.32. The average molecular weight is 397 g/mol.